The first-order valence-corrected chi connectivity index (χ1v) is 7.41. The zero-order valence-corrected chi connectivity index (χ0v) is 12.7. The number of carboxylic acid groups (broad SMARTS) is 1. The van der Waals surface area contributed by atoms with Crippen LogP contribution in [0.3, 0.4) is 0 Å². The number of carbonyl (C=O) groups excluding carboxylic acids is 1. The number of amides is 2. The number of nitrogens with one attached hydrogen (secondary N) is 2. The minimum Gasteiger partial charge on any atom is -0.478 e. The maximum Gasteiger partial charge on any atom is 0.335 e. The number of hydrogen-bond acceptors (Lipinski definition) is 2. The van der Waals surface area contributed by atoms with Gasteiger partial charge in [-0.2, -0.15) is 0 Å². The van der Waals surface area contributed by atoms with Crippen molar-refractivity contribution in [1.29, 1.82) is 0 Å². The fraction of sp³-hybridized carbons (Fsp3) is 0.467. The van der Waals surface area contributed by atoms with Crippen LogP contribution in [0, 0.1) is 5.41 Å². The number of halogens is 1. The average Bonchev–Trinajstić information content (AvgIpc) is 2.40. The number of urea groups is 1. The SMILES string of the molecule is CCC1(CNC(=O)Nc2ccc(C(=O)O)cc2Cl)CCC1. The minimum absolute atomic E-state index is 0.0883. The highest BCUT2D eigenvalue weighted by atomic mass is 35.5. The molecule has 0 atom stereocenters. The molecule has 1 fully saturated rings. The molecule has 1 aliphatic carbocycles. The fourth-order valence-corrected chi connectivity index (χ4v) is 2.74. The Balaban J connectivity index is 1.92. The summed E-state index contributed by atoms with van der Waals surface area (Å²) in [7, 11) is 0. The second-order valence-corrected chi connectivity index (χ2v) is 5.92. The van der Waals surface area contributed by atoms with E-state index in [9.17, 15) is 9.59 Å². The Morgan fingerprint density at radius 3 is 2.57 bits per heavy atom. The zero-order valence-electron chi connectivity index (χ0n) is 11.9. The Morgan fingerprint density at radius 2 is 2.10 bits per heavy atom. The third-order valence-corrected chi connectivity index (χ3v) is 4.57. The Morgan fingerprint density at radius 1 is 1.38 bits per heavy atom. The molecule has 1 saturated carbocycles. The van der Waals surface area contributed by atoms with Crippen LogP contribution in [0.4, 0.5) is 10.5 Å². The highest BCUT2D eigenvalue weighted by molar-refractivity contribution is 6.34. The van der Waals surface area contributed by atoms with Gasteiger partial charge in [-0.3, -0.25) is 0 Å². The van der Waals surface area contributed by atoms with E-state index in [1.807, 2.05) is 0 Å². The molecule has 0 saturated heterocycles. The van der Waals surface area contributed by atoms with Crippen molar-refractivity contribution in [3.8, 4) is 0 Å². The van der Waals surface area contributed by atoms with Gasteiger partial charge in [0, 0.05) is 6.54 Å². The summed E-state index contributed by atoms with van der Waals surface area (Å²) in [6.07, 6.45) is 4.58. The van der Waals surface area contributed by atoms with Crippen molar-refractivity contribution in [3.05, 3.63) is 28.8 Å². The predicted octanol–water partition coefficient (Wildman–Crippen LogP) is 3.74. The van der Waals surface area contributed by atoms with Gasteiger partial charge in [-0.25, -0.2) is 9.59 Å². The third kappa shape index (κ3) is 3.67. The normalized spacial score (nSPS) is 15.9. The van der Waals surface area contributed by atoms with Crippen molar-refractivity contribution in [3.63, 3.8) is 0 Å². The molecule has 0 heterocycles. The lowest BCUT2D eigenvalue weighted by atomic mass is 9.67. The monoisotopic (exact) mass is 310 g/mol. The van der Waals surface area contributed by atoms with Gasteiger partial charge in [0.25, 0.3) is 0 Å². The van der Waals surface area contributed by atoms with Crippen LogP contribution < -0.4 is 10.6 Å². The maximum absolute atomic E-state index is 11.9. The van der Waals surface area contributed by atoms with Gasteiger partial charge in [-0.05, 0) is 42.9 Å². The molecule has 1 aromatic rings. The highest BCUT2D eigenvalue weighted by Gasteiger charge is 2.35. The van der Waals surface area contributed by atoms with E-state index in [1.54, 1.807) is 0 Å². The van der Waals surface area contributed by atoms with Gasteiger partial charge in [-0.1, -0.05) is 24.9 Å². The zero-order chi connectivity index (χ0) is 15.5. The average molecular weight is 311 g/mol. The van der Waals surface area contributed by atoms with Gasteiger partial charge in [0.2, 0.25) is 0 Å². The van der Waals surface area contributed by atoms with Crippen LogP contribution in [0.25, 0.3) is 0 Å². The number of rotatable bonds is 5. The molecule has 0 aliphatic heterocycles. The van der Waals surface area contributed by atoms with Crippen molar-refractivity contribution in [2.45, 2.75) is 32.6 Å². The molecule has 0 aromatic heterocycles. The lowest BCUT2D eigenvalue weighted by Crippen LogP contribution is -2.43. The van der Waals surface area contributed by atoms with Crippen molar-refractivity contribution in [2.24, 2.45) is 5.41 Å². The molecule has 21 heavy (non-hydrogen) atoms. The first-order chi connectivity index (χ1) is 9.96. The number of benzene rings is 1. The molecule has 6 heteroatoms. The van der Waals surface area contributed by atoms with E-state index < -0.39 is 5.97 Å². The van der Waals surface area contributed by atoms with Gasteiger partial charge >= 0.3 is 12.0 Å². The Bertz CT molecular complexity index is 550. The van der Waals surface area contributed by atoms with E-state index in [4.69, 9.17) is 16.7 Å². The number of carbonyl (C=O) groups is 2. The van der Waals surface area contributed by atoms with E-state index in [1.165, 1.54) is 24.6 Å². The number of anilines is 1. The largest absolute Gasteiger partial charge is 0.478 e. The fourth-order valence-electron chi connectivity index (χ4n) is 2.52. The van der Waals surface area contributed by atoms with Crippen molar-refractivity contribution < 1.29 is 14.7 Å². The van der Waals surface area contributed by atoms with Crippen LogP contribution in [0.5, 0.6) is 0 Å². The van der Waals surface area contributed by atoms with E-state index in [-0.39, 0.29) is 22.0 Å². The summed E-state index contributed by atoms with van der Waals surface area (Å²) in [4.78, 5) is 22.7. The first-order valence-electron chi connectivity index (χ1n) is 7.03. The van der Waals surface area contributed by atoms with Crippen LogP contribution in [0.1, 0.15) is 43.0 Å². The molecule has 3 N–H and O–H groups in total. The molecule has 5 nitrogen and oxygen atoms in total. The first kappa shape index (κ1) is 15.6. The van der Waals surface area contributed by atoms with E-state index in [0.717, 1.165) is 19.3 Å². The molecule has 0 unspecified atom stereocenters. The third-order valence-electron chi connectivity index (χ3n) is 4.25. The lowest BCUT2D eigenvalue weighted by Gasteiger charge is -2.41. The van der Waals surface area contributed by atoms with Gasteiger partial charge in [0.15, 0.2) is 0 Å². The van der Waals surface area contributed by atoms with Crippen LogP contribution in [-0.4, -0.2) is 23.7 Å². The Hall–Kier alpha value is -1.75. The van der Waals surface area contributed by atoms with Gasteiger partial charge in [0.1, 0.15) is 0 Å². The van der Waals surface area contributed by atoms with E-state index in [0.29, 0.717) is 12.2 Å². The quantitative estimate of drug-likeness (QED) is 0.775. The van der Waals surface area contributed by atoms with Crippen LogP contribution in [0.15, 0.2) is 18.2 Å². The van der Waals surface area contributed by atoms with Crippen LogP contribution in [-0.2, 0) is 0 Å². The summed E-state index contributed by atoms with van der Waals surface area (Å²) in [5.41, 5.74) is 0.734. The van der Waals surface area contributed by atoms with E-state index in [2.05, 4.69) is 17.6 Å². The van der Waals surface area contributed by atoms with Crippen LogP contribution in [0.2, 0.25) is 5.02 Å². The molecular weight excluding hydrogens is 292 g/mol. The van der Waals surface area contributed by atoms with Crippen LogP contribution >= 0.6 is 11.6 Å². The number of aromatic carboxylic acids is 1. The highest BCUT2D eigenvalue weighted by Crippen LogP contribution is 2.43. The number of carboxylic acids is 1. The van der Waals surface area contributed by atoms with Crippen molar-refractivity contribution in [2.75, 3.05) is 11.9 Å². The number of hydrogen-bond donors (Lipinski definition) is 3. The summed E-state index contributed by atoms with van der Waals surface area (Å²) >= 11 is 5.97. The topological polar surface area (TPSA) is 78.4 Å². The smallest absolute Gasteiger partial charge is 0.335 e. The lowest BCUT2D eigenvalue weighted by molar-refractivity contribution is 0.0697. The standard InChI is InChI=1S/C15H19ClN2O3/c1-2-15(6-3-7-15)9-17-14(21)18-12-5-4-10(13(19)20)8-11(12)16/h4-5,8H,2-3,6-7,9H2,1H3,(H,19,20)(H2,17,18,21). The predicted molar refractivity (Wildman–Crippen MR) is 82.0 cm³/mol. The second kappa shape index (κ2) is 6.35. The molecule has 0 spiro atoms. The maximum atomic E-state index is 11.9. The van der Waals surface area contributed by atoms with Gasteiger partial charge in [0.05, 0.1) is 16.3 Å². The van der Waals surface area contributed by atoms with Gasteiger partial charge in [-0.15, -0.1) is 0 Å². The summed E-state index contributed by atoms with van der Waals surface area (Å²) < 4.78 is 0. The molecule has 1 aliphatic rings. The molecule has 0 bridgehead atoms. The molecular formula is C15H19ClN2O3. The Labute approximate surface area is 128 Å². The molecule has 1 aromatic carbocycles. The second-order valence-electron chi connectivity index (χ2n) is 5.51. The molecule has 114 valence electrons. The summed E-state index contributed by atoms with van der Waals surface area (Å²) in [5.74, 6) is -1.05. The van der Waals surface area contributed by atoms with Gasteiger partial charge < -0.3 is 15.7 Å². The van der Waals surface area contributed by atoms with E-state index >= 15 is 0 Å². The molecule has 2 amide bonds. The molecule has 0 radical (unpaired) electrons. The van der Waals surface area contributed by atoms with Crippen molar-refractivity contribution in [1.82, 2.24) is 5.32 Å². The summed E-state index contributed by atoms with van der Waals surface area (Å²) in [6.45, 7) is 2.79. The Kier molecular flexibility index (Phi) is 4.73. The van der Waals surface area contributed by atoms with Crippen molar-refractivity contribution >= 4 is 29.3 Å². The summed E-state index contributed by atoms with van der Waals surface area (Å²) in [6, 6.07) is 3.90. The summed E-state index contributed by atoms with van der Waals surface area (Å²) in [5, 5.41) is 14.6. The minimum atomic E-state index is -1.05. The molecule has 2 rings (SSSR count).